The Hall–Kier alpha value is -3.35. The van der Waals surface area contributed by atoms with Crippen molar-refractivity contribution in [2.24, 2.45) is 0 Å². The molecule has 0 radical (unpaired) electrons. The van der Waals surface area contributed by atoms with Crippen LogP contribution in [-0.2, 0) is 4.79 Å². The lowest BCUT2D eigenvalue weighted by atomic mass is 9.95. The third kappa shape index (κ3) is 6.07. The summed E-state index contributed by atoms with van der Waals surface area (Å²) in [5.41, 5.74) is 2.52. The van der Waals surface area contributed by atoms with Crippen LogP contribution >= 0.6 is 0 Å². The Morgan fingerprint density at radius 1 is 0.800 bits per heavy atom. The van der Waals surface area contributed by atoms with Crippen molar-refractivity contribution >= 4 is 29.1 Å². The largest absolute Gasteiger partial charge is 0.376 e. The van der Waals surface area contributed by atoms with Crippen LogP contribution in [0, 0.1) is 0 Å². The van der Waals surface area contributed by atoms with Gasteiger partial charge in [0.05, 0.1) is 6.54 Å². The minimum Gasteiger partial charge on any atom is -0.376 e. The summed E-state index contributed by atoms with van der Waals surface area (Å²) in [5, 5.41) is 11.5. The quantitative estimate of drug-likeness (QED) is 0.565. The lowest BCUT2D eigenvalue weighted by Gasteiger charge is -2.22. The summed E-state index contributed by atoms with van der Waals surface area (Å²) in [5.74, 6) is -0.429. The molecule has 7 nitrogen and oxygen atoms in total. The van der Waals surface area contributed by atoms with Crippen LogP contribution in [0.25, 0.3) is 0 Å². The van der Waals surface area contributed by atoms with Gasteiger partial charge in [0.25, 0.3) is 11.8 Å². The van der Waals surface area contributed by atoms with Crippen LogP contribution in [0.1, 0.15) is 52.8 Å². The fourth-order valence-corrected chi connectivity index (χ4v) is 3.49. The second-order valence-electron chi connectivity index (χ2n) is 7.44. The summed E-state index contributed by atoms with van der Waals surface area (Å²) >= 11 is 0. The SMILES string of the molecule is CNC(=O)c1ccc(NCC(=O)Nc2ccc(C(=O)NC3CCCCC3)cc2)cc1. The molecule has 30 heavy (non-hydrogen) atoms. The van der Waals surface area contributed by atoms with Crippen molar-refractivity contribution in [3.8, 4) is 0 Å². The fourth-order valence-electron chi connectivity index (χ4n) is 3.49. The molecule has 0 aliphatic heterocycles. The van der Waals surface area contributed by atoms with E-state index in [4.69, 9.17) is 0 Å². The Morgan fingerprint density at radius 2 is 1.37 bits per heavy atom. The smallest absolute Gasteiger partial charge is 0.251 e. The first-order chi connectivity index (χ1) is 14.5. The number of carbonyl (C=O) groups is 3. The Balaban J connectivity index is 1.45. The molecule has 3 rings (SSSR count). The van der Waals surface area contributed by atoms with Gasteiger partial charge in [0.15, 0.2) is 0 Å². The van der Waals surface area contributed by atoms with Gasteiger partial charge in [-0.2, -0.15) is 0 Å². The minimum absolute atomic E-state index is 0.0679. The molecule has 1 fully saturated rings. The van der Waals surface area contributed by atoms with Gasteiger partial charge in [-0.15, -0.1) is 0 Å². The average Bonchev–Trinajstić information content (AvgIpc) is 2.78. The molecule has 1 aliphatic carbocycles. The Bertz CT molecular complexity index is 872. The molecule has 158 valence electrons. The maximum Gasteiger partial charge on any atom is 0.251 e. The second-order valence-corrected chi connectivity index (χ2v) is 7.44. The summed E-state index contributed by atoms with van der Waals surface area (Å²) in [6, 6.07) is 14.0. The van der Waals surface area contributed by atoms with Crippen LogP contribution in [0.2, 0.25) is 0 Å². The third-order valence-electron chi connectivity index (χ3n) is 5.20. The van der Waals surface area contributed by atoms with E-state index in [1.54, 1.807) is 55.6 Å². The lowest BCUT2D eigenvalue weighted by Crippen LogP contribution is -2.36. The van der Waals surface area contributed by atoms with E-state index in [0.717, 1.165) is 18.5 Å². The summed E-state index contributed by atoms with van der Waals surface area (Å²) < 4.78 is 0. The highest BCUT2D eigenvalue weighted by Gasteiger charge is 2.16. The third-order valence-corrected chi connectivity index (χ3v) is 5.20. The molecule has 1 aliphatic rings. The number of amides is 3. The zero-order chi connectivity index (χ0) is 21.3. The maximum absolute atomic E-state index is 12.4. The van der Waals surface area contributed by atoms with Crippen molar-refractivity contribution in [1.29, 1.82) is 0 Å². The molecule has 0 spiro atoms. The minimum atomic E-state index is -0.204. The van der Waals surface area contributed by atoms with E-state index < -0.39 is 0 Å². The predicted molar refractivity (Wildman–Crippen MR) is 118 cm³/mol. The molecule has 4 N–H and O–H groups in total. The molecular weight excluding hydrogens is 380 g/mol. The van der Waals surface area contributed by atoms with Gasteiger partial charge in [-0.3, -0.25) is 14.4 Å². The summed E-state index contributed by atoms with van der Waals surface area (Å²) in [7, 11) is 1.58. The van der Waals surface area contributed by atoms with Gasteiger partial charge in [0.1, 0.15) is 0 Å². The van der Waals surface area contributed by atoms with E-state index >= 15 is 0 Å². The summed E-state index contributed by atoms with van der Waals surface area (Å²) in [6.07, 6.45) is 5.67. The van der Waals surface area contributed by atoms with E-state index in [9.17, 15) is 14.4 Å². The highest BCUT2D eigenvalue weighted by molar-refractivity contribution is 5.97. The van der Waals surface area contributed by atoms with Gasteiger partial charge in [-0.1, -0.05) is 19.3 Å². The average molecular weight is 409 g/mol. The van der Waals surface area contributed by atoms with E-state index in [0.29, 0.717) is 16.8 Å². The predicted octanol–water partition coefficient (Wildman–Crippen LogP) is 3.16. The highest BCUT2D eigenvalue weighted by atomic mass is 16.2. The van der Waals surface area contributed by atoms with Crippen molar-refractivity contribution < 1.29 is 14.4 Å². The Labute approximate surface area is 176 Å². The van der Waals surface area contributed by atoms with Crippen molar-refractivity contribution in [2.75, 3.05) is 24.2 Å². The van der Waals surface area contributed by atoms with Crippen LogP contribution in [-0.4, -0.2) is 37.4 Å². The molecule has 0 unspecified atom stereocenters. The first-order valence-corrected chi connectivity index (χ1v) is 10.3. The molecular formula is C23H28N4O3. The molecule has 0 aromatic heterocycles. The number of anilines is 2. The summed E-state index contributed by atoms with van der Waals surface area (Å²) in [6.45, 7) is 0.0865. The van der Waals surface area contributed by atoms with Crippen molar-refractivity contribution in [3.05, 3.63) is 59.7 Å². The zero-order valence-electron chi connectivity index (χ0n) is 17.2. The number of hydrogen-bond donors (Lipinski definition) is 4. The molecule has 0 atom stereocenters. The molecule has 2 aromatic carbocycles. The molecule has 0 saturated heterocycles. The van der Waals surface area contributed by atoms with Crippen LogP contribution < -0.4 is 21.3 Å². The number of hydrogen-bond acceptors (Lipinski definition) is 4. The second kappa shape index (κ2) is 10.4. The van der Waals surface area contributed by atoms with Gasteiger partial charge in [-0.05, 0) is 61.4 Å². The number of carbonyl (C=O) groups excluding carboxylic acids is 3. The molecule has 7 heteroatoms. The van der Waals surface area contributed by atoms with Crippen molar-refractivity contribution in [1.82, 2.24) is 10.6 Å². The number of rotatable bonds is 7. The Kier molecular flexibility index (Phi) is 7.43. The monoisotopic (exact) mass is 408 g/mol. The first kappa shape index (κ1) is 21.4. The van der Waals surface area contributed by atoms with Crippen LogP contribution in [0.3, 0.4) is 0 Å². The van der Waals surface area contributed by atoms with Crippen LogP contribution in [0.4, 0.5) is 11.4 Å². The van der Waals surface area contributed by atoms with Gasteiger partial charge in [-0.25, -0.2) is 0 Å². The van der Waals surface area contributed by atoms with Crippen molar-refractivity contribution in [2.45, 2.75) is 38.1 Å². The van der Waals surface area contributed by atoms with E-state index in [1.165, 1.54) is 19.3 Å². The van der Waals surface area contributed by atoms with Gasteiger partial charge in [0, 0.05) is 35.6 Å². The van der Waals surface area contributed by atoms with Gasteiger partial charge < -0.3 is 21.3 Å². The van der Waals surface area contributed by atoms with Crippen LogP contribution in [0.15, 0.2) is 48.5 Å². The molecule has 3 amide bonds. The zero-order valence-corrected chi connectivity index (χ0v) is 17.2. The molecule has 0 heterocycles. The van der Waals surface area contributed by atoms with Gasteiger partial charge >= 0.3 is 0 Å². The van der Waals surface area contributed by atoms with Crippen molar-refractivity contribution in [3.63, 3.8) is 0 Å². The van der Waals surface area contributed by atoms with E-state index in [-0.39, 0.29) is 30.3 Å². The lowest BCUT2D eigenvalue weighted by molar-refractivity contribution is -0.114. The molecule has 2 aromatic rings. The molecule has 0 bridgehead atoms. The Morgan fingerprint density at radius 3 is 1.97 bits per heavy atom. The first-order valence-electron chi connectivity index (χ1n) is 10.3. The number of nitrogens with one attached hydrogen (secondary N) is 4. The number of benzene rings is 2. The molecule has 1 saturated carbocycles. The van der Waals surface area contributed by atoms with Crippen LogP contribution in [0.5, 0.6) is 0 Å². The van der Waals surface area contributed by atoms with E-state index in [2.05, 4.69) is 21.3 Å². The normalized spacial score (nSPS) is 13.9. The topological polar surface area (TPSA) is 99.3 Å². The van der Waals surface area contributed by atoms with Gasteiger partial charge in [0.2, 0.25) is 5.91 Å². The van der Waals surface area contributed by atoms with E-state index in [1.807, 2.05) is 0 Å². The highest BCUT2D eigenvalue weighted by Crippen LogP contribution is 2.18. The fraction of sp³-hybridized carbons (Fsp3) is 0.348. The summed E-state index contributed by atoms with van der Waals surface area (Å²) in [4.78, 5) is 36.1. The standard InChI is InChI=1S/C23H28N4O3/c1-24-22(29)16-7-11-18(12-8-16)25-15-21(28)26-20-13-9-17(10-14-20)23(30)27-19-5-3-2-4-6-19/h7-14,19,25H,2-6,15H2,1H3,(H,24,29)(H,26,28)(H,27,30). The maximum atomic E-state index is 12.4.